The molecule has 0 atom stereocenters. The highest BCUT2D eigenvalue weighted by molar-refractivity contribution is 5.68. The van der Waals surface area contributed by atoms with Crippen molar-refractivity contribution in [3.8, 4) is 0 Å². The number of benzene rings is 1. The summed E-state index contributed by atoms with van der Waals surface area (Å²) in [6, 6.07) is 8.20. The molecule has 2 aromatic rings. The van der Waals surface area contributed by atoms with Gasteiger partial charge in [-0.3, -0.25) is 0 Å². The number of piperazine rings is 1. The number of rotatable bonds is 6. The van der Waals surface area contributed by atoms with E-state index in [-0.39, 0.29) is 18.0 Å². The molecule has 2 fully saturated rings. The van der Waals surface area contributed by atoms with Gasteiger partial charge in [0, 0.05) is 43.6 Å². The molecule has 4 rings (SSSR count). The zero-order valence-electron chi connectivity index (χ0n) is 18.5. The van der Waals surface area contributed by atoms with Crippen LogP contribution in [0.2, 0.25) is 0 Å². The van der Waals surface area contributed by atoms with E-state index in [9.17, 15) is 9.18 Å². The van der Waals surface area contributed by atoms with E-state index in [0.717, 1.165) is 50.1 Å². The van der Waals surface area contributed by atoms with Gasteiger partial charge >= 0.3 is 6.09 Å². The van der Waals surface area contributed by atoms with Crippen molar-refractivity contribution in [2.45, 2.75) is 45.1 Å². The monoisotopic (exact) mass is 442 g/mol. The Morgan fingerprint density at radius 1 is 1.19 bits per heavy atom. The van der Waals surface area contributed by atoms with Gasteiger partial charge in [-0.2, -0.15) is 4.98 Å². The molecule has 1 amide bonds. The number of hydrogen-bond donors (Lipinski definition) is 2. The molecule has 8 nitrogen and oxygen atoms in total. The number of hydrogen-bond acceptors (Lipinski definition) is 7. The van der Waals surface area contributed by atoms with Crippen molar-refractivity contribution in [1.82, 2.24) is 14.9 Å². The van der Waals surface area contributed by atoms with E-state index in [0.29, 0.717) is 25.6 Å². The van der Waals surface area contributed by atoms with Crippen molar-refractivity contribution in [3.05, 3.63) is 36.3 Å². The first-order valence-electron chi connectivity index (χ1n) is 11.4. The second-order valence-electron chi connectivity index (χ2n) is 8.22. The number of carbonyl (C=O) groups is 1. The minimum absolute atomic E-state index is 0.251. The minimum atomic E-state index is -0.436. The minimum Gasteiger partial charge on any atom is -0.450 e. The molecule has 2 aliphatic rings. The summed E-state index contributed by atoms with van der Waals surface area (Å²) in [6.45, 7) is 4.89. The molecule has 2 N–H and O–H groups in total. The maximum absolute atomic E-state index is 14.2. The summed E-state index contributed by atoms with van der Waals surface area (Å²) < 4.78 is 19.3. The third kappa shape index (κ3) is 5.57. The van der Waals surface area contributed by atoms with Crippen molar-refractivity contribution >= 4 is 29.2 Å². The lowest BCUT2D eigenvalue weighted by Crippen LogP contribution is -2.49. The summed E-state index contributed by atoms with van der Waals surface area (Å²) in [5.41, 5.74) is 1.87. The molecule has 172 valence electrons. The lowest BCUT2D eigenvalue weighted by Gasteiger charge is -2.35. The third-order valence-electron chi connectivity index (χ3n) is 5.96. The molecule has 1 aliphatic carbocycles. The van der Waals surface area contributed by atoms with E-state index in [1.165, 1.54) is 12.6 Å². The topological polar surface area (TPSA) is 82.6 Å². The molecule has 9 heteroatoms. The molecule has 0 unspecified atom stereocenters. The van der Waals surface area contributed by atoms with Crippen LogP contribution in [0.1, 0.15) is 39.0 Å². The van der Waals surface area contributed by atoms with Crippen molar-refractivity contribution in [3.63, 3.8) is 0 Å². The molecule has 2 heterocycles. The molecular formula is C23H31FN6O2. The Morgan fingerprint density at radius 2 is 1.97 bits per heavy atom. The molecule has 1 aromatic heterocycles. The average Bonchev–Trinajstić information content (AvgIpc) is 2.82. The SMILES string of the molecule is CCOC(=O)N1CCN(c2cccc(Nc3ncc(F)c(NC4CCCCC4)n3)c2)CC1. The fourth-order valence-corrected chi connectivity index (χ4v) is 4.24. The number of ether oxygens (including phenoxy) is 1. The first kappa shape index (κ1) is 22.1. The highest BCUT2D eigenvalue weighted by Gasteiger charge is 2.22. The number of amides is 1. The Balaban J connectivity index is 1.39. The summed E-state index contributed by atoms with van der Waals surface area (Å²) >= 11 is 0. The molecule has 0 bridgehead atoms. The fourth-order valence-electron chi connectivity index (χ4n) is 4.24. The Kier molecular flexibility index (Phi) is 7.24. The van der Waals surface area contributed by atoms with Gasteiger partial charge in [0.05, 0.1) is 12.8 Å². The summed E-state index contributed by atoms with van der Waals surface area (Å²) in [4.78, 5) is 24.3. The van der Waals surface area contributed by atoms with Crippen LogP contribution in [0.5, 0.6) is 0 Å². The molecule has 1 aliphatic heterocycles. The van der Waals surface area contributed by atoms with Gasteiger partial charge in [-0.25, -0.2) is 14.2 Å². The van der Waals surface area contributed by atoms with E-state index in [4.69, 9.17) is 4.74 Å². The molecule has 0 spiro atoms. The Morgan fingerprint density at radius 3 is 2.72 bits per heavy atom. The standard InChI is InChI=1S/C23H31FN6O2/c1-2-32-23(31)30-13-11-29(12-14-30)19-10-6-9-18(15-19)27-22-25-16-20(24)21(28-22)26-17-7-4-3-5-8-17/h6,9-10,15-17H,2-5,7-8,11-14H2,1H3,(H2,25,26,27,28). The van der Waals surface area contributed by atoms with E-state index in [2.05, 4.69) is 25.5 Å². The van der Waals surface area contributed by atoms with Crippen LogP contribution in [0.4, 0.5) is 32.3 Å². The smallest absolute Gasteiger partial charge is 0.409 e. The number of nitrogens with zero attached hydrogens (tertiary/aromatic N) is 4. The summed E-state index contributed by atoms with van der Waals surface area (Å²) in [5.74, 6) is 0.170. The van der Waals surface area contributed by atoms with Crippen LogP contribution in [0, 0.1) is 5.82 Å². The van der Waals surface area contributed by atoms with Crippen LogP contribution in [0.3, 0.4) is 0 Å². The van der Waals surface area contributed by atoms with Crippen LogP contribution >= 0.6 is 0 Å². The van der Waals surface area contributed by atoms with Gasteiger partial charge in [0.2, 0.25) is 5.95 Å². The van der Waals surface area contributed by atoms with Gasteiger partial charge in [-0.15, -0.1) is 0 Å². The predicted octanol–water partition coefficient (Wildman–Crippen LogP) is 4.38. The van der Waals surface area contributed by atoms with Gasteiger partial charge in [0.15, 0.2) is 11.6 Å². The summed E-state index contributed by atoms with van der Waals surface area (Å²) in [5, 5.41) is 6.44. The van der Waals surface area contributed by atoms with E-state index in [1.54, 1.807) is 4.90 Å². The fraction of sp³-hybridized carbons (Fsp3) is 0.522. The Bertz CT molecular complexity index is 913. The van der Waals surface area contributed by atoms with E-state index < -0.39 is 5.82 Å². The lowest BCUT2D eigenvalue weighted by atomic mass is 9.95. The van der Waals surface area contributed by atoms with Crippen molar-refractivity contribution in [2.24, 2.45) is 0 Å². The van der Waals surface area contributed by atoms with Crippen LogP contribution in [-0.4, -0.2) is 59.8 Å². The van der Waals surface area contributed by atoms with Gasteiger partial charge in [0.25, 0.3) is 0 Å². The first-order valence-corrected chi connectivity index (χ1v) is 11.4. The molecule has 1 saturated heterocycles. The molecule has 32 heavy (non-hydrogen) atoms. The molecule has 1 saturated carbocycles. The van der Waals surface area contributed by atoms with E-state index >= 15 is 0 Å². The highest BCUT2D eigenvalue weighted by atomic mass is 19.1. The third-order valence-corrected chi connectivity index (χ3v) is 5.96. The van der Waals surface area contributed by atoms with Crippen LogP contribution < -0.4 is 15.5 Å². The number of nitrogens with one attached hydrogen (secondary N) is 2. The second-order valence-corrected chi connectivity index (χ2v) is 8.22. The first-order chi connectivity index (χ1) is 15.6. The summed E-state index contributed by atoms with van der Waals surface area (Å²) in [7, 11) is 0. The molecule has 1 aromatic carbocycles. The lowest BCUT2D eigenvalue weighted by molar-refractivity contribution is 0.105. The number of carbonyl (C=O) groups excluding carboxylic acids is 1. The normalized spacial score (nSPS) is 17.2. The Hall–Kier alpha value is -3.10. The summed E-state index contributed by atoms with van der Waals surface area (Å²) in [6.07, 6.45) is 6.60. The van der Waals surface area contributed by atoms with E-state index in [1.807, 2.05) is 31.2 Å². The average molecular weight is 443 g/mol. The van der Waals surface area contributed by atoms with Gasteiger partial charge < -0.3 is 25.2 Å². The zero-order valence-corrected chi connectivity index (χ0v) is 18.5. The highest BCUT2D eigenvalue weighted by Crippen LogP contribution is 2.25. The largest absolute Gasteiger partial charge is 0.450 e. The van der Waals surface area contributed by atoms with Crippen molar-refractivity contribution in [2.75, 3.05) is 48.3 Å². The van der Waals surface area contributed by atoms with Gasteiger partial charge in [-0.1, -0.05) is 25.3 Å². The van der Waals surface area contributed by atoms with Crippen LogP contribution in [0.15, 0.2) is 30.5 Å². The maximum atomic E-state index is 14.2. The second kappa shape index (κ2) is 10.5. The number of anilines is 4. The zero-order chi connectivity index (χ0) is 22.3. The van der Waals surface area contributed by atoms with Gasteiger partial charge in [0.1, 0.15) is 0 Å². The van der Waals surface area contributed by atoms with Crippen molar-refractivity contribution < 1.29 is 13.9 Å². The van der Waals surface area contributed by atoms with Crippen molar-refractivity contribution in [1.29, 1.82) is 0 Å². The molecule has 0 radical (unpaired) electrons. The quantitative estimate of drug-likeness (QED) is 0.687. The number of aromatic nitrogens is 2. The van der Waals surface area contributed by atoms with Gasteiger partial charge in [-0.05, 0) is 38.0 Å². The maximum Gasteiger partial charge on any atom is 0.409 e. The molecular weight excluding hydrogens is 411 g/mol. The van der Waals surface area contributed by atoms with Crippen LogP contribution in [-0.2, 0) is 4.74 Å². The predicted molar refractivity (Wildman–Crippen MR) is 123 cm³/mol. The Labute approximate surface area is 188 Å². The number of halogens is 1. The van der Waals surface area contributed by atoms with Crippen LogP contribution in [0.25, 0.3) is 0 Å².